The minimum atomic E-state index is -0.354. The Morgan fingerprint density at radius 1 is 1.50 bits per heavy atom. The van der Waals surface area contributed by atoms with E-state index in [2.05, 4.69) is 6.58 Å². The Morgan fingerprint density at radius 3 is 2.67 bits per heavy atom. The molecule has 0 aromatic heterocycles. The van der Waals surface area contributed by atoms with Crippen LogP contribution in [0.5, 0.6) is 0 Å². The van der Waals surface area contributed by atoms with Crippen molar-refractivity contribution < 1.29 is 18.8 Å². The Kier molecular flexibility index (Phi) is 4.90. The summed E-state index contributed by atoms with van der Waals surface area (Å²) in [6.07, 6.45) is 1.61. The minimum absolute atomic E-state index is 0.222. The molecule has 1 aliphatic rings. The number of carbonyl (C=O) groups is 2. The number of carbonyl (C=O) groups excluding carboxylic acids is 2. The van der Waals surface area contributed by atoms with Crippen molar-refractivity contribution in [2.24, 2.45) is 0 Å². The van der Waals surface area contributed by atoms with E-state index in [4.69, 9.17) is 4.74 Å². The van der Waals surface area contributed by atoms with Crippen molar-refractivity contribution in [2.45, 2.75) is 19.8 Å². The van der Waals surface area contributed by atoms with Gasteiger partial charge >= 0.3 is 5.97 Å². The van der Waals surface area contributed by atoms with E-state index in [1.807, 2.05) is 19.0 Å². The molecule has 0 aromatic carbocycles. The summed E-state index contributed by atoms with van der Waals surface area (Å²) in [5.74, 6) is -0.132. The molecule has 0 radical (unpaired) electrons. The number of hydrogen-bond donors (Lipinski definition) is 0. The molecule has 0 bridgehead atoms. The summed E-state index contributed by atoms with van der Waals surface area (Å²) < 4.78 is 5.71. The van der Waals surface area contributed by atoms with E-state index in [-0.39, 0.29) is 11.9 Å². The Labute approximate surface area is 109 Å². The molecule has 0 saturated carbocycles. The maximum absolute atomic E-state index is 11.5. The second kappa shape index (κ2) is 6.00. The van der Waals surface area contributed by atoms with E-state index in [9.17, 15) is 9.59 Å². The predicted octanol–water partition coefficient (Wildman–Crippen LogP) is 0.762. The third-order valence-corrected chi connectivity index (χ3v) is 3.00. The van der Waals surface area contributed by atoms with Crippen molar-refractivity contribution in [3.63, 3.8) is 0 Å². The first-order valence-electron chi connectivity index (χ1n) is 6.24. The molecule has 0 spiro atoms. The van der Waals surface area contributed by atoms with Gasteiger partial charge in [0.05, 0.1) is 14.1 Å². The fourth-order valence-electron chi connectivity index (χ4n) is 1.90. The summed E-state index contributed by atoms with van der Waals surface area (Å²) in [5, 5.41) is 0. The minimum Gasteiger partial charge on any atom is -0.456 e. The van der Waals surface area contributed by atoms with Crippen LogP contribution >= 0.6 is 0 Å². The quantitative estimate of drug-likeness (QED) is 0.400. The lowest BCUT2D eigenvalue weighted by Crippen LogP contribution is -2.50. The van der Waals surface area contributed by atoms with Crippen LogP contribution in [0.2, 0.25) is 0 Å². The van der Waals surface area contributed by atoms with E-state index in [0.29, 0.717) is 36.3 Å². The zero-order valence-electron chi connectivity index (χ0n) is 11.6. The van der Waals surface area contributed by atoms with E-state index >= 15 is 0 Å². The lowest BCUT2D eigenvalue weighted by atomic mass is 10.4. The average Bonchev–Trinajstić information content (AvgIpc) is 2.63. The van der Waals surface area contributed by atoms with Gasteiger partial charge in [-0.25, -0.2) is 4.79 Å². The molecule has 1 saturated heterocycles. The second-order valence-electron chi connectivity index (χ2n) is 5.48. The zero-order chi connectivity index (χ0) is 13.8. The van der Waals surface area contributed by atoms with Crippen LogP contribution in [0.1, 0.15) is 19.8 Å². The second-order valence-corrected chi connectivity index (χ2v) is 5.48. The molecule has 1 heterocycles. The van der Waals surface area contributed by atoms with E-state index in [1.165, 1.54) is 0 Å². The first kappa shape index (κ1) is 14.7. The maximum atomic E-state index is 11.5. The number of rotatable bonds is 6. The van der Waals surface area contributed by atoms with Gasteiger partial charge in [0.15, 0.2) is 6.67 Å². The van der Waals surface area contributed by atoms with E-state index in [1.54, 1.807) is 6.92 Å². The van der Waals surface area contributed by atoms with Gasteiger partial charge in [-0.2, -0.15) is 0 Å². The van der Waals surface area contributed by atoms with Gasteiger partial charge in [0, 0.05) is 18.5 Å². The maximum Gasteiger partial charge on any atom is 0.333 e. The van der Waals surface area contributed by atoms with Crippen LogP contribution in [0, 0.1) is 0 Å². The van der Waals surface area contributed by atoms with Crippen molar-refractivity contribution in [1.82, 2.24) is 4.90 Å². The van der Waals surface area contributed by atoms with Gasteiger partial charge < -0.3 is 9.22 Å². The number of esters is 1. The first-order chi connectivity index (χ1) is 8.32. The lowest BCUT2D eigenvalue weighted by Gasteiger charge is -2.33. The van der Waals surface area contributed by atoms with Gasteiger partial charge in [0.2, 0.25) is 5.91 Å². The topological polar surface area (TPSA) is 46.6 Å². The molecule has 1 aliphatic heterocycles. The fourth-order valence-corrected chi connectivity index (χ4v) is 1.90. The molecular weight excluding hydrogens is 232 g/mol. The Morgan fingerprint density at radius 2 is 2.17 bits per heavy atom. The fraction of sp³-hybridized carbons (Fsp3) is 0.692. The summed E-state index contributed by atoms with van der Waals surface area (Å²) in [7, 11) is 4.06. The molecule has 0 atom stereocenters. The molecule has 0 unspecified atom stereocenters. The summed E-state index contributed by atoms with van der Waals surface area (Å²) in [4.78, 5) is 24.6. The number of quaternary nitrogens is 1. The average molecular weight is 255 g/mol. The van der Waals surface area contributed by atoms with Gasteiger partial charge in [-0.15, -0.1) is 0 Å². The van der Waals surface area contributed by atoms with E-state index in [0.717, 1.165) is 13.0 Å². The molecule has 1 fully saturated rings. The van der Waals surface area contributed by atoms with Crippen molar-refractivity contribution in [1.29, 1.82) is 0 Å². The molecule has 1 amide bonds. The summed E-state index contributed by atoms with van der Waals surface area (Å²) in [6, 6.07) is 0. The highest BCUT2D eigenvalue weighted by molar-refractivity contribution is 5.86. The smallest absolute Gasteiger partial charge is 0.333 e. The number of nitrogens with zero attached hydrogens (tertiary/aromatic N) is 2. The standard InChI is InChI=1S/C13H23N2O3/c1-11(2)13(17)18-9-8-15(3,4)10-14-7-5-6-12(14)16/h1,5-10H2,2-4H3/q+1. The highest BCUT2D eigenvalue weighted by Gasteiger charge is 2.27. The molecule has 0 N–H and O–H groups in total. The van der Waals surface area contributed by atoms with Crippen LogP contribution in [0.25, 0.3) is 0 Å². The van der Waals surface area contributed by atoms with Gasteiger partial charge in [-0.05, 0) is 13.3 Å². The van der Waals surface area contributed by atoms with Crippen LogP contribution in [0.15, 0.2) is 12.2 Å². The van der Waals surface area contributed by atoms with Crippen LogP contribution < -0.4 is 0 Å². The van der Waals surface area contributed by atoms with Gasteiger partial charge in [0.1, 0.15) is 13.2 Å². The van der Waals surface area contributed by atoms with Gasteiger partial charge in [-0.3, -0.25) is 9.69 Å². The van der Waals surface area contributed by atoms with Crippen LogP contribution in [0.4, 0.5) is 0 Å². The molecule has 102 valence electrons. The van der Waals surface area contributed by atoms with Crippen molar-refractivity contribution in [3.05, 3.63) is 12.2 Å². The molecular formula is C13H23N2O3+. The Hall–Kier alpha value is -1.36. The summed E-state index contributed by atoms with van der Waals surface area (Å²) in [5.41, 5.74) is 0.412. The normalized spacial score (nSPS) is 15.9. The largest absolute Gasteiger partial charge is 0.456 e. The lowest BCUT2D eigenvalue weighted by molar-refractivity contribution is -0.898. The van der Waals surface area contributed by atoms with Crippen LogP contribution in [-0.2, 0) is 14.3 Å². The first-order valence-corrected chi connectivity index (χ1v) is 6.24. The van der Waals surface area contributed by atoms with Crippen LogP contribution in [-0.4, -0.2) is 61.7 Å². The third kappa shape index (κ3) is 4.49. The SMILES string of the molecule is C=C(C)C(=O)OCC[N+](C)(C)CN1CCCC1=O. The number of amides is 1. The summed E-state index contributed by atoms with van der Waals surface area (Å²) >= 11 is 0. The number of ether oxygens (including phenoxy) is 1. The number of hydrogen-bond acceptors (Lipinski definition) is 3. The third-order valence-electron chi connectivity index (χ3n) is 3.00. The highest BCUT2D eigenvalue weighted by Crippen LogP contribution is 2.12. The van der Waals surface area contributed by atoms with Crippen LogP contribution in [0.3, 0.4) is 0 Å². The predicted molar refractivity (Wildman–Crippen MR) is 68.6 cm³/mol. The Bertz CT molecular complexity index is 350. The molecule has 0 aliphatic carbocycles. The molecule has 5 heteroatoms. The molecule has 18 heavy (non-hydrogen) atoms. The van der Waals surface area contributed by atoms with Gasteiger partial charge in [-0.1, -0.05) is 6.58 Å². The molecule has 5 nitrogen and oxygen atoms in total. The van der Waals surface area contributed by atoms with Crippen molar-refractivity contribution >= 4 is 11.9 Å². The number of likely N-dealkylation sites (N-methyl/N-ethyl adjacent to an activating group) is 1. The van der Waals surface area contributed by atoms with E-state index < -0.39 is 0 Å². The molecule has 0 aromatic rings. The van der Waals surface area contributed by atoms with Crippen molar-refractivity contribution in [2.75, 3.05) is 40.5 Å². The Balaban J connectivity index is 2.33. The highest BCUT2D eigenvalue weighted by atomic mass is 16.5. The molecule has 1 rings (SSSR count). The zero-order valence-corrected chi connectivity index (χ0v) is 11.6. The van der Waals surface area contributed by atoms with Crippen molar-refractivity contribution in [3.8, 4) is 0 Å². The summed E-state index contributed by atoms with van der Waals surface area (Å²) in [6.45, 7) is 7.70. The van der Waals surface area contributed by atoms with Gasteiger partial charge in [0.25, 0.3) is 0 Å². The number of likely N-dealkylation sites (tertiary alicyclic amines) is 1. The monoisotopic (exact) mass is 255 g/mol.